The molecule has 2 atom stereocenters. The van der Waals surface area contributed by atoms with E-state index in [1.54, 1.807) is 6.20 Å². The lowest BCUT2D eigenvalue weighted by Crippen LogP contribution is -2.45. The molecule has 1 fully saturated rings. The Bertz CT molecular complexity index is 335. The summed E-state index contributed by atoms with van der Waals surface area (Å²) in [6.07, 6.45) is 2.27. The number of halogens is 1. The third kappa shape index (κ3) is 2.61. The molecule has 0 bridgehead atoms. The van der Waals surface area contributed by atoms with Crippen LogP contribution in [0.3, 0.4) is 0 Å². The molecule has 0 aliphatic carbocycles. The van der Waals surface area contributed by atoms with Crippen molar-refractivity contribution in [3.05, 3.63) is 23.5 Å². The van der Waals surface area contributed by atoms with Crippen LogP contribution in [0.5, 0.6) is 0 Å². The Balaban J connectivity index is 2.16. The maximum absolute atomic E-state index is 5.87. The smallest absolute Gasteiger partial charge is 0.131 e. The van der Waals surface area contributed by atoms with Gasteiger partial charge >= 0.3 is 0 Å². The number of nitrogens with zero attached hydrogens (tertiary/aromatic N) is 2. The summed E-state index contributed by atoms with van der Waals surface area (Å²) < 4.78 is 5.68. The fourth-order valence-corrected chi connectivity index (χ4v) is 2.15. The van der Waals surface area contributed by atoms with Crippen LogP contribution in [-0.2, 0) is 4.74 Å². The molecule has 15 heavy (non-hydrogen) atoms. The fraction of sp³-hybridized carbons (Fsp3) is 0.545. The molecule has 2 heterocycles. The third-order valence-corrected chi connectivity index (χ3v) is 2.70. The van der Waals surface area contributed by atoms with E-state index in [9.17, 15) is 0 Å². The molecular formula is C11H15ClN2O. The predicted molar refractivity (Wildman–Crippen MR) is 61.5 cm³/mol. The Morgan fingerprint density at radius 1 is 1.40 bits per heavy atom. The molecule has 0 N–H and O–H groups in total. The normalized spacial score (nSPS) is 26.7. The average Bonchev–Trinajstić information content (AvgIpc) is 2.16. The van der Waals surface area contributed by atoms with Crippen molar-refractivity contribution >= 4 is 17.3 Å². The number of aromatic nitrogens is 1. The zero-order chi connectivity index (χ0) is 10.8. The first-order valence-corrected chi connectivity index (χ1v) is 5.55. The van der Waals surface area contributed by atoms with Gasteiger partial charge in [-0.15, -0.1) is 0 Å². The van der Waals surface area contributed by atoms with E-state index < -0.39 is 0 Å². The zero-order valence-corrected chi connectivity index (χ0v) is 9.74. The Hall–Kier alpha value is -0.800. The van der Waals surface area contributed by atoms with E-state index in [0.717, 1.165) is 18.8 Å². The Kier molecular flexibility index (Phi) is 3.12. The van der Waals surface area contributed by atoms with Gasteiger partial charge in [0.1, 0.15) is 5.15 Å². The van der Waals surface area contributed by atoms with E-state index >= 15 is 0 Å². The second-order valence-electron chi connectivity index (χ2n) is 4.00. The van der Waals surface area contributed by atoms with Gasteiger partial charge in [-0.05, 0) is 26.0 Å². The van der Waals surface area contributed by atoms with Gasteiger partial charge in [0, 0.05) is 25.0 Å². The van der Waals surface area contributed by atoms with Gasteiger partial charge in [0.05, 0.1) is 12.2 Å². The average molecular weight is 227 g/mol. The number of pyridine rings is 1. The summed E-state index contributed by atoms with van der Waals surface area (Å²) in [5.74, 6) is 0. The van der Waals surface area contributed by atoms with Crippen LogP contribution in [0.25, 0.3) is 0 Å². The van der Waals surface area contributed by atoms with Crippen molar-refractivity contribution in [2.45, 2.75) is 26.1 Å². The van der Waals surface area contributed by atoms with E-state index in [4.69, 9.17) is 16.3 Å². The Morgan fingerprint density at radius 3 is 2.67 bits per heavy atom. The first-order valence-electron chi connectivity index (χ1n) is 5.17. The number of ether oxygens (including phenoxy) is 1. The quantitative estimate of drug-likeness (QED) is 0.688. The Labute approximate surface area is 95.0 Å². The molecular weight excluding hydrogens is 212 g/mol. The summed E-state index contributed by atoms with van der Waals surface area (Å²) in [5.41, 5.74) is 1.12. The molecule has 1 aromatic rings. The van der Waals surface area contributed by atoms with Gasteiger partial charge in [0.15, 0.2) is 0 Å². The van der Waals surface area contributed by atoms with Gasteiger partial charge in [-0.25, -0.2) is 4.98 Å². The number of hydrogen-bond acceptors (Lipinski definition) is 3. The molecule has 0 spiro atoms. The topological polar surface area (TPSA) is 25.4 Å². The van der Waals surface area contributed by atoms with Crippen LogP contribution in [0.15, 0.2) is 18.3 Å². The highest BCUT2D eigenvalue weighted by molar-refractivity contribution is 6.29. The van der Waals surface area contributed by atoms with Crippen molar-refractivity contribution < 1.29 is 4.74 Å². The van der Waals surface area contributed by atoms with Crippen molar-refractivity contribution in [1.29, 1.82) is 0 Å². The molecule has 1 aromatic heterocycles. The van der Waals surface area contributed by atoms with Crippen LogP contribution in [-0.4, -0.2) is 30.3 Å². The molecule has 4 heteroatoms. The molecule has 3 nitrogen and oxygen atoms in total. The molecule has 0 radical (unpaired) electrons. The minimum atomic E-state index is 0.265. The lowest BCUT2D eigenvalue weighted by molar-refractivity contribution is -0.00522. The standard InChI is InChI=1S/C11H15ClN2O/c1-8-6-14(7-9(2)15-8)10-3-4-13-11(12)5-10/h3-5,8-9H,6-7H2,1-2H3/t8-,9-/m0/s1. The van der Waals surface area contributed by atoms with E-state index in [1.807, 2.05) is 12.1 Å². The molecule has 0 unspecified atom stereocenters. The SMILES string of the molecule is C[C@H]1CN(c2ccnc(Cl)c2)C[C@H](C)O1. The van der Waals surface area contributed by atoms with Crippen LogP contribution in [0.1, 0.15) is 13.8 Å². The summed E-state index contributed by atoms with van der Waals surface area (Å²) in [7, 11) is 0. The molecule has 2 rings (SSSR count). The summed E-state index contributed by atoms with van der Waals surface area (Å²) in [5, 5.41) is 0.541. The molecule has 1 saturated heterocycles. The van der Waals surface area contributed by atoms with Crippen molar-refractivity contribution in [2.75, 3.05) is 18.0 Å². The second-order valence-corrected chi connectivity index (χ2v) is 4.39. The summed E-state index contributed by atoms with van der Waals surface area (Å²) in [6, 6.07) is 3.88. The molecule has 0 aromatic carbocycles. The summed E-state index contributed by atoms with van der Waals surface area (Å²) in [6.45, 7) is 5.99. The highest BCUT2D eigenvalue weighted by Gasteiger charge is 2.22. The third-order valence-electron chi connectivity index (χ3n) is 2.49. The maximum Gasteiger partial charge on any atom is 0.131 e. The minimum absolute atomic E-state index is 0.265. The lowest BCUT2D eigenvalue weighted by Gasteiger charge is -2.36. The molecule has 0 saturated carbocycles. The van der Waals surface area contributed by atoms with Crippen LogP contribution in [0, 0.1) is 0 Å². The van der Waals surface area contributed by atoms with Gasteiger partial charge in [0.25, 0.3) is 0 Å². The van der Waals surface area contributed by atoms with Gasteiger partial charge in [-0.3, -0.25) is 0 Å². The second kappa shape index (κ2) is 4.37. The van der Waals surface area contributed by atoms with Gasteiger partial charge in [-0.2, -0.15) is 0 Å². The van der Waals surface area contributed by atoms with Crippen molar-refractivity contribution in [2.24, 2.45) is 0 Å². The lowest BCUT2D eigenvalue weighted by atomic mass is 10.2. The number of rotatable bonds is 1. The monoisotopic (exact) mass is 226 g/mol. The van der Waals surface area contributed by atoms with Crippen molar-refractivity contribution in [3.63, 3.8) is 0 Å². The highest BCUT2D eigenvalue weighted by atomic mass is 35.5. The zero-order valence-electron chi connectivity index (χ0n) is 8.98. The van der Waals surface area contributed by atoms with Crippen molar-refractivity contribution in [3.8, 4) is 0 Å². The largest absolute Gasteiger partial charge is 0.372 e. The number of anilines is 1. The number of morpholine rings is 1. The van der Waals surface area contributed by atoms with E-state index in [2.05, 4.69) is 23.7 Å². The van der Waals surface area contributed by atoms with Crippen LogP contribution < -0.4 is 4.90 Å². The predicted octanol–water partition coefficient (Wildman–Crippen LogP) is 2.35. The maximum atomic E-state index is 5.87. The van der Waals surface area contributed by atoms with E-state index in [-0.39, 0.29) is 12.2 Å². The summed E-state index contributed by atoms with van der Waals surface area (Å²) >= 11 is 5.87. The molecule has 82 valence electrons. The van der Waals surface area contributed by atoms with Crippen LogP contribution >= 0.6 is 11.6 Å². The Morgan fingerprint density at radius 2 is 2.07 bits per heavy atom. The van der Waals surface area contributed by atoms with Crippen molar-refractivity contribution in [1.82, 2.24) is 4.98 Å². The van der Waals surface area contributed by atoms with Crippen LogP contribution in [0.4, 0.5) is 5.69 Å². The molecule has 0 amide bonds. The van der Waals surface area contributed by atoms with Crippen LogP contribution in [0.2, 0.25) is 5.15 Å². The number of hydrogen-bond donors (Lipinski definition) is 0. The van der Waals surface area contributed by atoms with Gasteiger partial charge < -0.3 is 9.64 Å². The molecule has 1 aliphatic heterocycles. The first-order chi connectivity index (χ1) is 7.15. The van der Waals surface area contributed by atoms with E-state index in [1.165, 1.54) is 0 Å². The first kappa shape index (κ1) is 10.7. The fourth-order valence-electron chi connectivity index (χ4n) is 1.98. The highest BCUT2D eigenvalue weighted by Crippen LogP contribution is 2.21. The minimum Gasteiger partial charge on any atom is -0.372 e. The summed E-state index contributed by atoms with van der Waals surface area (Å²) in [4.78, 5) is 6.26. The van der Waals surface area contributed by atoms with E-state index in [0.29, 0.717) is 5.15 Å². The molecule has 1 aliphatic rings. The van der Waals surface area contributed by atoms with Gasteiger partial charge in [-0.1, -0.05) is 11.6 Å². The van der Waals surface area contributed by atoms with Gasteiger partial charge in [0.2, 0.25) is 0 Å².